The Morgan fingerprint density at radius 2 is 1.89 bits per heavy atom. The highest BCUT2D eigenvalue weighted by Gasteiger charge is 2.43. The van der Waals surface area contributed by atoms with E-state index in [4.69, 9.17) is 0 Å². The minimum Gasteiger partial charge on any atom is -0.327 e. The topological polar surface area (TPSA) is 72.2 Å². The molecular weight excluding hydrogens is 459 g/mol. The highest BCUT2D eigenvalue weighted by atomic mass is 19.2. The molecule has 0 saturated heterocycles. The Morgan fingerprint density at radius 3 is 2.57 bits per heavy atom. The summed E-state index contributed by atoms with van der Waals surface area (Å²) in [5.41, 5.74) is 4.26. The molecule has 1 aliphatic heterocycles. The maximum absolute atomic E-state index is 14.0. The number of carbonyl (C=O) groups is 1. The lowest BCUT2D eigenvalue weighted by atomic mass is 9.95. The summed E-state index contributed by atoms with van der Waals surface area (Å²) in [6.45, 7) is 4.20. The molecule has 0 N–H and O–H groups in total. The first kappa shape index (κ1) is 21.8. The monoisotopic (exact) mass is 482 g/mol. The first-order chi connectivity index (χ1) is 16.8. The van der Waals surface area contributed by atoms with Gasteiger partial charge in [-0.05, 0) is 51.3 Å². The Morgan fingerprint density at radius 1 is 1.17 bits per heavy atom. The van der Waals surface area contributed by atoms with E-state index >= 15 is 0 Å². The third-order valence-electron chi connectivity index (χ3n) is 6.96. The number of amides is 1. The molecule has 4 aromatic rings. The third-order valence-corrected chi connectivity index (χ3v) is 6.96. The molecule has 1 aromatic carbocycles. The van der Waals surface area contributed by atoms with Crippen LogP contribution in [0.25, 0.3) is 16.8 Å². The van der Waals surface area contributed by atoms with Gasteiger partial charge in [0.2, 0.25) is 5.52 Å². The van der Waals surface area contributed by atoms with Crippen LogP contribution < -0.4 is 4.68 Å². The molecule has 4 heterocycles. The van der Waals surface area contributed by atoms with Gasteiger partial charge in [-0.25, -0.2) is 13.2 Å². The molecule has 0 bridgehead atoms. The van der Waals surface area contributed by atoms with Crippen LogP contribution in [0.3, 0.4) is 0 Å². The fourth-order valence-electron chi connectivity index (χ4n) is 5.08. The number of aromatic nitrogens is 6. The van der Waals surface area contributed by atoms with Gasteiger partial charge in [0.05, 0.1) is 23.6 Å². The second-order valence-electron chi connectivity index (χ2n) is 9.28. The van der Waals surface area contributed by atoms with Gasteiger partial charge >= 0.3 is 5.91 Å². The average Bonchev–Trinajstić information content (AvgIpc) is 3.50. The van der Waals surface area contributed by atoms with Crippen molar-refractivity contribution in [3.63, 3.8) is 0 Å². The number of hydrogen-bond acceptors (Lipinski definition) is 4. The lowest BCUT2D eigenvalue weighted by Gasteiger charge is -2.32. The highest BCUT2D eigenvalue weighted by Crippen LogP contribution is 2.37. The number of halogens is 3. The van der Waals surface area contributed by atoms with Crippen LogP contribution in [0.4, 0.5) is 13.2 Å². The molecule has 1 aliphatic carbocycles. The van der Waals surface area contributed by atoms with Gasteiger partial charge in [0.25, 0.3) is 5.69 Å². The lowest BCUT2D eigenvalue weighted by molar-refractivity contribution is -0.759. The van der Waals surface area contributed by atoms with Gasteiger partial charge in [-0.2, -0.15) is 5.10 Å². The number of aryl methyl sites for hydroxylation is 2. The summed E-state index contributed by atoms with van der Waals surface area (Å²) in [4.78, 5) is 15.7. The van der Waals surface area contributed by atoms with E-state index < -0.39 is 17.5 Å². The number of carbonyl (C=O) groups excluding carboxylic acids is 1. The number of benzene rings is 1. The van der Waals surface area contributed by atoms with Crippen LogP contribution in [0, 0.1) is 24.4 Å². The molecule has 11 heteroatoms. The molecule has 180 valence electrons. The standard InChI is InChI=1S/C24H23F3N7O/c1-12-6-8-28-34-21(12)23(33(30-34)15-4-5-15)24(35)32-9-7-16-20(13(32)2)29-31(3)22(16)14-10-17(25)19(27)18(26)11-14/h6,8,10-11,13,15H,4-5,7,9H2,1-3H3/q+1/t13-/m0/s1. The molecule has 35 heavy (non-hydrogen) atoms. The SMILES string of the molecule is Cc1ccnn2n[n+](C3CC3)c(C(=O)N3CCc4c(nn(C)c4-c4cc(F)c(F)c(F)c4)[C@@H]3C)c12. The fourth-order valence-corrected chi connectivity index (χ4v) is 5.08. The fraction of sp³-hybridized carbons (Fsp3) is 0.375. The van der Waals surface area contributed by atoms with Crippen LogP contribution in [-0.4, -0.2) is 42.1 Å². The number of hydrogen-bond donors (Lipinski definition) is 0. The van der Waals surface area contributed by atoms with Crippen molar-refractivity contribution in [2.45, 2.75) is 45.2 Å². The van der Waals surface area contributed by atoms with Crippen molar-refractivity contribution < 1.29 is 22.6 Å². The molecule has 0 unspecified atom stereocenters. The van der Waals surface area contributed by atoms with Crippen molar-refractivity contribution >= 4 is 11.4 Å². The summed E-state index contributed by atoms with van der Waals surface area (Å²) in [7, 11) is 1.67. The van der Waals surface area contributed by atoms with E-state index in [0.717, 1.165) is 36.1 Å². The van der Waals surface area contributed by atoms with Crippen LogP contribution in [0.1, 0.15) is 59.2 Å². The lowest BCUT2D eigenvalue weighted by Crippen LogP contribution is -2.47. The van der Waals surface area contributed by atoms with Crippen molar-refractivity contribution in [3.8, 4) is 11.3 Å². The minimum absolute atomic E-state index is 0.160. The van der Waals surface area contributed by atoms with Crippen molar-refractivity contribution in [1.29, 1.82) is 0 Å². The first-order valence-electron chi connectivity index (χ1n) is 11.5. The zero-order valence-corrected chi connectivity index (χ0v) is 19.5. The highest BCUT2D eigenvalue weighted by molar-refractivity contribution is 5.98. The zero-order valence-electron chi connectivity index (χ0n) is 19.5. The van der Waals surface area contributed by atoms with Crippen LogP contribution in [0.15, 0.2) is 24.4 Å². The average molecular weight is 482 g/mol. The predicted octanol–water partition coefficient (Wildman–Crippen LogP) is 3.24. The van der Waals surface area contributed by atoms with Gasteiger partial charge in [-0.1, -0.05) is 5.10 Å². The molecule has 1 atom stereocenters. The van der Waals surface area contributed by atoms with Crippen molar-refractivity contribution in [2.75, 3.05) is 6.54 Å². The Balaban J connectivity index is 1.42. The second kappa shape index (κ2) is 7.62. The normalized spacial score (nSPS) is 17.8. The van der Waals surface area contributed by atoms with Crippen molar-refractivity contribution in [2.24, 2.45) is 7.05 Å². The summed E-state index contributed by atoms with van der Waals surface area (Å²) in [5.74, 6) is -4.17. The van der Waals surface area contributed by atoms with Crippen molar-refractivity contribution in [3.05, 3.63) is 64.4 Å². The Bertz CT molecular complexity index is 1500. The molecule has 0 radical (unpaired) electrons. The van der Waals surface area contributed by atoms with Gasteiger partial charge < -0.3 is 4.90 Å². The van der Waals surface area contributed by atoms with E-state index in [1.807, 2.05) is 19.9 Å². The van der Waals surface area contributed by atoms with E-state index in [9.17, 15) is 18.0 Å². The maximum Gasteiger partial charge on any atom is 0.301 e. The van der Waals surface area contributed by atoms with E-state index in [-0.39, 0.29) is 23.6 Å². The Labute approximate surface area is 198 Å². The van der Waals surface area contributed by atoms with E-state index in [2.05, 4.69) is 15.4 Å². The van der Waals surface area contributed by atoms with Crippen LogP contribution in [-0.2, 0) is 13.5 Å². The van der Waals surface area contributed by atoms with Gasteiger partial charge in [-0.15, -0.1) is 4.68 Å². The maximum atomic E-state index is 14.0. The van der Waals surface area contributed by atoms with Gasteiger partial charge in [0, 0.05) is 34.9 Å². The Hall–Kier alpha value is -3.76. The minimum atomic E-state index is -1.50. The molecule has 0 spiro atoms. The van der Waals surface area contributed by atoms with E-state index in [1.165, 1.54) is 9.31 Å². The van der Waals surface area contributed by atoms with Crippen LogP contribution >= 0.6 is 0 Å². The molecule has 8 nitrogen and oxygen atoms in total. The van der Waals surface area contributed by atoms with Crippen LogP contribution in [0.2, 0.25) is 0 Å². The Kier molecular flexibility index (Phi) is 4.74. The molecule has 1 amide bonds. The number of nitrogens with zero attached hydrogens (tertiary/aromatic N) is 7. The van der Waals surface area contributed by atoms with Crippen molar-refractivity contribution in [1.82, 2.24) is 29.6 Å². The number of rotatable bonds is 3. The number of fused-ring (bicyclic) bond motifs is 2. The van der Waals surface area contributed by atoms with Gasteiger partial charge in [0.15, 0.2) is 17.5 Å². The van der Waals surface area contributed by atoms with Gasteiger partial charge in [-0.3, -0.25) is 9.48 Å². The summed E-state index contributed by atoms with van der Waals surface area (Å²) in [6.07, 6.45) is 4.02. The summed E-state index contributed by atoms with van der Waals surface area (Å²) < 4.78 is 46.3. The molecular formula is C24H23F3N7O+. The van der Waals surface area contributed by atoms with E-state index in [1.54, 1.807) is 22.8 Å². The molecule has 6 rings (SSSR count). The zero-order chi connectivity index (χ0) is 24.6. The van der Waals surface area contributed by atoms with Crippen LogP contribution in [0.5, 0.6) is 0 Å². The van der Waals surface area contributed by atoms with Gasteiger partial charge in [0.1, 0.15) is 11.3 Å². The predicted molar refractivity (Wildman–Crippen MR) is 118 cm³/mol. The first-order valence-corrected chi connectivity index (χ1v) is 11.5. The third kappa shape index (κ3) is 3.24. The largest absolute Gasteiger partial charge is 0.327 e. The summed E-state index contributed by atoms with van der Waals surface area (Å²) in [5, 5.41) is 13.4. The second-order valence-corrected chi connectivity index (χ2v) is 9.28. The molecule has 2 aliphatic rings. The van der Waals surface area contributed by atoms with E-state index in [0.29, 0.717) is 35.6 Å². The molecule has 1 saturated carbocycles. The molecule has 3 aromatic heterocycles. The molecule has 1 fully saturated rings. The quantitative estimate of drug-likeness (QED) is 0.332. The summed E-state index contributed by atoms with van der Waals surface area (Å²) in [6, 6.07) is 3.60. The summed E-state index contributed by atoms with van der Waals surface area (Å²) >= 11 is 0. The smallest absolute Gasteiger partial charge is 0.301 e.